The van der Waals surface area contributed by atoms with E-state index in [9.17, 15) is 14.4 Å². The molecule has 0 aromatic heterocycles. The van der Waals surface area contributed by atoms with Gasteiger partial charge < -0.3 is 14.8 Å². The van der Waals surface area contributed by atoms with E-state index in [1.54, 1.807) is 31.2 Å². The highest BCUT2D eigenvalue weighted by atomic mass is 35.5. The van der Waals surface area contributed by atoms with Gasteiger partial charge in [-0.1, -0.05) is 11.6 Å². The lowest BCUT2D eigenvalue weighted by molar-refractivity contribution is -0.148. The van der Waals surface area contributed by atoms with E-state index in [1.165, 1.54) is 0 Å². The standard InChI is InChI=1S/C17H19ClN2O5/c1-17(11-2-3-11)15(22)20(16(23)19-17)10-14(21)25-9-8-24-13-6-4-12(18)5-7-13/h4-7,11H,2-3,8-10H2,1H3,(H,19,23)/t17-/m1/s1. The molecule has 1 aromatic carbocycles. The van der Waals surface area contributed by atoms with Crippen LogP contribution in [0.25, 0.3) is 0 Å². The molecule has 7 nitrogen and oxygen atoms in total. The van der Waals surface area contributed by atoms with Gasteiger partial charge in [-0.25, -0.2) is 4.79 Å². The van der Waals surface area contributed by atoms with Gasteiger partial charge in [0.15, 0.2) is 0 Å². The Morgan fingerprint density at radius 1 is 1.28 bits per heavy atom. The molecule has 1 aliphatic carbocycles. The van der Waals surface area contributed by atoms with Gasteiger partial charge in [0.1, 0.15) is 31.0 Å². The minimum absolute atomic E-state index is 0.0189. The van der Waals surface area contributed by atoms with Crippen molar-refractivity contribution in [1.29, 1.82) is 0 Å². The molecule has 1 aromatic rings. The summed E-state index contributed by atoms with van der Waals surface area (Å²) >= 11 is 5.77. The van der Waals surface area contributed by atoms with E-state index in [0.717, 1.165) is 17.7 Å². The first-order valence-corrected chi connectivity index (χ1v) is 8.46. The number of hydrogen-bond acceptors (Lipinski definition) is 5. The molecule has 0 radical (unpaired) electrons. The Bertz CT molecular complexity index is 689. The summed E-state index contributed by atoms with van der Waals surface area (Å²) in [6, 6.07) is 6.25. The van der Waals surface area contributed by atoms with Crippen LogP contribution in [-0.4, -0.2) is 48.1 Å². The summed E-state index contributed by atoms with van der Waals surface area (Å²) in [7, 11) is 0. The normalized spacial score (nSPS) is 22.7. The number of carbonyl (C=O) groups excluding carboxylic acids is 3. The van der Waals surface area contributed by atoms with E-state index in [0.29, 0.717) is 10.8 Å². The van der Waals surface area contributed by atoms with E-state index in [2.05, 4.69) is 5.32 Å². The molecule has 0 unspecified atom stereocenters. The quantitative estimate of drug-likeness (QED) is 0.453. The van der Waals surface area contributed by atoms with Crippen LogP contribution in [0.1, 0.15) is 19.8 Å². The van der Waals surface area contributed by atoms with Crippen LogP contribution in [0, 0.1) is 5.92 Å². The summed E-state index contributed by atoms with van der Waals surface area (Å²) in [6.45, 7) is 1.49. The molecular weight excluding hydrogens is 348 g/mol. The Kier molecular flexibility index (Phi) is 4.85. The maximum Gasteiger partial charge on any atom is 0.326 e. The summed E-state index contributed by atoms with van der Waals surface area (Å²) in [5.41, 5.74) is -0.894. The van der Waals surface area contributed by atoms with Crippen LogP contribution in [0.5, 0.6) is 5.75 Å². The molecule has 8 heteroatoms. The van der Waals surface area contributed by atoms with Gasteiger partial charge in [-0.15, -0.1) is 0 Å². The Balaban J connectivity index is 1.42. The highest BCUT2D eigenvalue weighted by molar-refractivity contribution is 6.30. The average Bonchev–Trinajstić information content (AvgIpc) is 3.40. The lowest BCUT2D eigenvalue weighted by Gasteiger charge is -2.20. The Morgan fingerprint density at radius 2 is 1.96 bits per heavy atom. The molecule has 1 N–H and O–H groups in total. The third kappa shape index (κ3) is 3.87. The van der Waals surface area contributed by atoms with Crippen molar-refractivity contribution in [3.05, 3.63) is 29.3 Å². The number of ether oxygens (including phenoxy) is 2. The minimum atomic E-state index is -0.894. The number of nitrogens with one attached hydrogen (secondary N) is 1. The number of rotatable bonds is 7. The maximum atomic E-state index is 12.4. The smallest absolute Gasteiger partial charge is 0.326 e. The van der Waals surface area contributed by atoms with Crippen molar-refractivity contribution in [1.82, 2.24) is 10.2 Å². The number of halogens is 1. The third-order valence-corrected chi connectivity index (χ3v) is 4.66. The summed E-state index contributed by atoms with van der Waals surface area (Å²) in [5, 5.41) is 3.29. The predicted molar refractivity (Wildman–Crippen MR) is 89.3 cm³/mol. The van der Waals surface area contributed by atoms with Crippen molar-refractivity contribution in [2.45, 2.75) is 25.3 Å². The summed E-state index contributed by atoms with van der Waals surface area (Å²) < 4.78 is 10.4. The number of hydrogen-bond donors (Lipinski definition) is 1. The van der Waals surface area contributed by atoms with E-state index in [4.69, 9.17) is 21.1 Å². The molecule has 134 valence electrons. The number of urea groups is 1. The molecule has 3 amide bonds. The Labute approximate surface area is 150 Å². The molecule has 0 bridgehead atoms. The molecule has 1 heterocycles. The fraction of sp³-hybridized carbons (Fsp3) is 0.471. The molecule has 2 fully saturated rings. The molecule has 1 saturated heterocycles. The lowest BCUT2D eigenvalue weighted by Crippen LogP contribution is -2.46. The number of nitrogens with zero attached hydrogens (tertiary/aromatic N) is 1. The molecule has 1 saturated carbocycles. The highest BCUT2D eigenvalue weighted by Crippen LogP contribution is 2.42. The van der Waals surface area contributed by atoms with Crippen LogP contribution in [0.3, 0.4) is 0 Å². The van der Waals surface area contributed by atoms with Gasteiger partial charge in [-0.3, -0.25) is 14.5 Å². The molecule has 2 aliphatic rings. The van der Waals surface area contributed by atoms with Crippen LogP contribution in [0.2, 0.25) is 5.02 Å². The average molecular weight is 367 g/mol. The number of carbonyl (C=O) groups is 3. The number of esters is 1. The molecule has 0 spiro atoms. The Hall–Kier alpha value is -2.28. The zero-order valence-corrected chi connectivity index (χ0v) is 14.5. The second-order valence-corrected chi connectivity index (χ2v) is 6.76. The first-order chi connectivity index (χ1) is 11.9. The van der Waals surface area contributed by atoms with Crippen molar-refractivity contribution in [2.24, 2.45) is 5.92 Å². The topological polar surface area (TPSA) is 84.9 Å². The number of benzene rings is 1. The van der Waals surface area contributed by atoms with Gasteiger partial charge in [0, 0.05) is 5.02 Å². The van der Waals surface area contributed by atoms with E-state index >= 15 is 0 Å². The van der Waals surface area contributed by atoms with Gasteiger partial charge in [0.2, 0.25) is 0 Å². The zero-order valence-electron chi connectivity index (χ0n) is 13.8. The van der Waals surface area contributed by atoms with Gasteiger partial charge in [-0.05, 0) is 49.9 Å². The van der Waals surface area contributed by atoms with Crippen molar-refractivity contribution in [3.8, 4) is 5.75 Å². The fourth-order valence-electron chi connectivity index (χ4n) is 2.82. The molecule has 1 atom stereocenters. The van der Waals surface area contributed by atoms with Crippen LogP contribution >= 0.6 is 11.6 Å². The van der Waals surface area contributed by atoms with Crippen molar-refractivity contribution < 1.29 is 23.9 Å². The van der Waals surface area contributed by atoms with E-state index in [-0.39, 0.29) is 25.0 Å². The maximum absolute atomic E-state index is 12.4. The number of amides is 3. The van der Waals surface area contributed by atoms with Crippen molar-refractivity contribution >= 4 is 29.5 Å². The third-order valence-electron chi connectivity index (χ3n) is 4.41. The second kappa shape index (κ2) is 6.92. The number of imide groups is 1. The van der Waals surface area contributed by atoms with Gasteiger partial charge >= 0.3 is 12.0 Å². The van der Waals surface area contributed by atoms with Crippen LogP contribution < -0.4 is 10.1 Å². The minimum Gasteiger partial charge on any atom is -0.490 e. The molecule has 3 rings (SSSR count). The van der Waals surface area contributed by atoms with E-state index < -0.39 is 24.1 Å². The molecular formula is C17H19ClN2O5. The molecule has 1 aliphatic heterocycles. The van der Waals surface area contributed by atoms with Crippen LogP contribution in [0.15, 0.2) is 24.3 Å². The van der Waals surface area contributed by atoms with E-state index in [1.807, 2.05) is 0 Å². The van der Waals surface area contributed by atoms with Gasteiger partial charge in [0.25, 0.3) is 5.91 Å². The largest absolute Gasteiger partial charge is 0.490 e. The van der Waals surface area contributed by atoms with Crippen LogP contribution in [0.4, 0.5) is 4.79 Å². The second-order valence-electron chi connectivity index (χ2n) is 6.32. The summed E-state index contributed by atoms with van der Waals surface area (Å²) in [4.78, 5) is 37.1. The lowest BCUT2D eigenvalue weighted by atomic mass is 9.96. The van der Waals surface area contributed by atoms with Gasteiger partial charge in [0.05, 0.1) is 0 Å². The Morgan fingerprint density at radius 3 is 2.60 bits per heavy atom. The highest BCUT2D eigenvalue weighted by Gasteiger charge is 2.56. The summed E-state index contributed by atoms with van der Waals surface area (Å²) in [6.07, 6.45) is 1.81. The van der Waals surface area contributed by atoms with Crippen LogP contribution in [-0.2, 0) is 14.3 Å². The SMILES string of the molecule is C[C@]1(C2CC2)NC(=O)N(CC(=O)OCCOc2ccc(Cl)cc2)C1=O. The van der Waals surface area contributed by atoms with Crippen molar-refractivity contribution in [2.75, 3.05) is 19.8 Å². The first kappa shape index (κ1) is 17.5. The molecule has 25 heavy (non-hydrogen) atoms. The van der Waals surface area contributed by atoms with Crippen molar-refractivity contribution in [3.63, 3.8) is 0 Å². The monoisotopic (exact) mass is 366 g/mol. The van der Waals surface area contributed by atoms with Gasteiger partial charge in [-0.2, -0.15) is 0 Å². The predicted octanol–water partition coefficient (Wildman–Crippen LogP) is 1.98. The fourth-order valence-corrected chi connectivity index (χ4v) is 2.94. The first-order valence-electron chi connectivity index (χ1n) is 8.08. The zero-order chi connectivity index (χ0) is 18.0. The summed E-state index contributed by atoms with van der Waals surface area (Å²) in [5.74, 6) is -0.259.